The van der Waals surface area contributed by atoms with E-state index in [1.165, 1.54) is 0 Å². The number of hydrogen-bond acceptors (Lipinski definition) is 5. The number of nitrogens with two attached hydrogens (primary N) is 1. The Bertz CT molecular complexity index is 1220. The van der Waals surface area contributed by atoms with Gasteiger partial charge in [-0.05, 0) is 28.5 Å². The fraction of sp³-hybridized carbons (Fsp3) is 0.0909. The molecule has 0 bridgehead atoms. The van der Waals surface area contributed by atoms with E-state index in [4.69, 9.17) is 5.73 Å². The quantitative estimate of drug-likeness (QED) is 0.298. The van der Waals surface area contributed by atoms with Crippen molar-refractivity contribution in [2.75, 3.05) is 5.32 Å². The fourth-order valence-corrected chi connectivity index (χ4v) is 3.47. The molecule has 8 heteroatoms. The summed E-state index contributed by atoms with van der Waals surface area (Å²) in [6.45, 7) is 0. The van der Waals surface area contributed by atoms with Crippen molar-refractivity contribution >= 4 is 39.9 Å². The second-order valence-electron chi connectivity index (χ2n) is 6.96. The normalized spacial score (nSPS) is 18.0. The summed E-state index contributed by atoms with van der Waals surface area (Å²) in [6.07, 6.45) is -0.229. The lowest BCUT2D eigenvalue weighted by Crippen LogP contribution is -2.38. The van der Waals surface area contributed by atoms with Crippen LogP contribution in [-0.2, 0) is 20.0 Å². The molecule has 0 saturated heterocycles. The molecule has 0 spiro atoms. The van der Waals surface area contributed by atoms with E-state index in [0.717, 1.165) is 10.8 Å². The van der Waals surface area contributed by atoms with Crippen LogP contribution in [-0.4, -0.2) is 28.5 Å². The first-order chi connectivity index (χ1) is 14.4. The van der Waals surface area contributed by atoms with Crippen molar-refractivity contribution in [2.24, 2.45) is 10.8 Å². The Labute approximate surface area is 171 Å². The summed E-state index contributed by atoms with van der Waals surface area (Å²) in [7, 11) is 0. The van der Waals surface area contributed by atoms with Gasteiger partial charge in [0.15, 0.2) is 5.60 Å². The Hall–Kier alpha value is -4.04. The third kappa shape index (κ3) is 3.40. The Balaban J connectivity index is 1.77. The first-order valence-electron chi connectivity index (χ1n) is 9.17. The SMILES string of the molecule is NC(=O)C(=O)N/N=C(/C[C@]1(O)C(=O)Nc2ccccc21)c1ccc2ccccc2c1. The molecule has 5 N–H and O–H groups in total. The number of carbonyl (C=O) groups excluding carboxylic acids is 3. The number of nitrogens with one attached hydrogen (secondary N) is 2. The van der Waals surface area contributed by atoms with Crippen molar-refractivity contribution in [1.29, 1.82) is 0 Å². The zero-order valence-corrected chi connectivity index (χ0v) is 15.8. The van der Waals surface area contributed by atoms with Crippen molar-refractivity contribution in [3.05, 3.63) is 77.9 Å². The Morgan fingerprint density at radius 3 is 2.50 bits per heavy atom. The van der Waals surface area contributed by atoms with Crippen LogP contribution in [0.5, 0.6) is 0 Å². The van der Waals surface area contributed by atoms with Crippen molar-refractivity contribution in [1.82, 2.24) is 5.43 Å². The number of aliphatic hydroxyl groups is 1. The molecule has 0 radical (unpaired) electrons. The zero-order valence-electron chi connectivity index (χ0n) is 15.8. The van der Waals surface area contributed by atoms with Crippen molar-refractivity contribution < 1.29 is 19.5 Å². The van der Waals surface area contributed by atoms with E-state index < -0.39 is 23.3 Å². The molecule has 1 heterocycles. The summed E-state index contributed by atoms with van der Waals surface area (Å²) in [5, 5.41) is 19.8. The molecule has 30 heavy (non-hydrogen) atoms. The van der Waals surface area contributed by atoms with Gasteiger partial charge < -0.3 is 16.2 Å². The maximum Gasteiger partial charge on any atom is 0.329 e. The number of nitrogens with zero attached hydrogens (tertiary/aromatic N) is 1. The lowest BCUT2D eigenvalue weighted by Gasteiger charge is -2.22. The number of hydrogen-bond donors (Lipinski definition) is 4. The predicted octanol–water partition coefficient (Wildman–Crippen LogP) is 1.38. The molecule has 0 fully saturated rings. The van der Waals surface area contributed by atoms with Crippen LogP contribution >= 0.6 is 0 Å². The van der Waals surface area contributed by atoms with E-state index in [9.17, 15) is 19.5 Å². The summed E-state index contributed by atoms with van der Waals surface area (Å²) in [6, 6.07) is 19.9. The number of rotatable bonds is 4. The van der Waals surface area contributed by atoms with Gasteiger partial charge in [0.2, 0.25) is 0 Å². The van der Waals surface area contributed by atoms with Crippen molar-refractivity contribution in [2.45, 2.75) is 12.0 Å². The van der Waals surface area contributed by atoms with Crippen LogP contribution in [0.4, 0.5) is 5.69 Å². The number of carbonyl (C=O) groups is 3. The zero-order chi connectivity index (χ0) is 21.3. The Kier molecular flexibility index (Phi) is 4.77. The van der Waals surface area contributed by atoms with Gasteiger partial charge in [0, 0.05) is 17.7 Å². The summed E-state index contributed by atoms with van der Waals surface area (Å²) in [5.41, 5.74) is 6.87. The standard InChI is InChI=1S/C22H18N4O4/c23-19(27)20(28)26-25-18(15-10-9-13-5-1-2-6-14(13)11-15)12-22(30)16-7-3-4-8-17(16)24-21(22)29/h1-11,30H,12H2,(H2,23,27)(H,24,29)(H,26,28)/b25-18-/t22-/m1/s1. The van der Waals surface area contributed by atoms with Gasteiger partial charge in [-0.3, -0.25) is 14.4 Å². The van der Waals surface area contributed by atoms with Crippen LogP contribution in [0.2, 0.25) is 0 Å². The van der Waals surface area contributed by atoms with E-state index in [2.05, 4.69) is 15.8 Å². The van der Waals surface area contributed by atoms with Gasteiger partial charge in [-0.25, -0.2) is 5.43 Å². The van der Waals surface area contributed by atoms with E-state index in [0.29, 0.717) is 16.8 Å². The minimum absolute atomic E-state index is 0.213. The van der Waals surface area contributed by atoms with E-state index in [1.54, 1.807) is 30.3 Å². The van der Waals surface area contributed by atoms with Crippen LogP contribution in [0.1, 0.15) is 17.5 Å². The summed E-state index contributed by atoms with van der Waals surface area (Å²) in [4.78, 5) is 35.3. The molecular weight excluding hydrogens is 384 g/mol. The molecule has 1 atom stereocenters. The molecule has 1 aliphatic rings. The van der Waals surface area contributed by atoms with Gasteiger partial charge in [0.1, 0.15) is 0 Å². The molecule has 4 rings (SSSR count). The molecule has 0 saturated carbocycles. The molecule has 1 aliphatic heterocycles. The van der Waals surface area contributed by atoms with Crippen molar-refractivity contribution in [3.8, 4) is 0 Å². The van der Waals surface area contributed by atoms with Gasteiger partial charge in [-0.1, -0.05) is 54.6 Å². The van der Waals surface area contributed by atoms with Gasteiger partial charge in [0.25, 0.3) is 5.91 Å². The third-order valence-electron chi connectivity index (χ3n) is 5.02. The maximum absolute atomic E-state index is 12.6. The van der Waals surface area contributed by atoms with Crippen molar-refractivity contribution in [3.63, 3.8) is 0 Å². The second kappa shape index (κ2) is 7.41. The van der Waals surface area contributed by atoms with Gasteiger partial charge >= 0.3 is 11.8 Å². The monoisotopic (exact) mass is 402 g/mol. The topological polar surface area (TPSA) is 134 Å². The second-order valence-corrected chi connectivity index (χ2v) is 6.96. The highest BCUT2D eigenvalue weighted by Gasteiger charge is 2.46. The number of para-hydroxylation sites is 1. The molecule has 3 aromatic rings. The van der Waals surface area contributed by atoms with Crippen LogP contribution in [0, 0.1) is 0 Å². The number of primary amides is 1. The van der Waals surface area contributed by atoms with Crippen LogP contribution in [0.25, 0.3) is 10.8 Å². The van der Waals surface area contributed by atoms with E-state index in [1.807, 2.05) is 36.4 Å². The predicted molar refractivity (Wildman–Crippen MR) is 111 cm³/mol. The highest BCUT2D eigenvalue weighted by molar-refractivity contribution is 6.34. The number of fused-ring (bicyclic) bond motifs is 2. The van der Waals surface area contributed by atoms with Crippen LogP contribution in [0.15, 0.2) is 71.8 Å². The smallest absolute Gasteiger partial charge is 0.329 e. The first-order valence-corrected chi connectivity index (χ1v) is 9.17. The van der Waals surface area contributed by atoms with E-state index in [-0.39, 0.29) is 12.1 Å². The molecule has 150 valence electrons. The third-order valence-corrected chi connectivity index (χ3v) is 5.02. The molecule has 3 aromatic carbocycles. The molecular formula is C22H18N4O4. The summed E-state index contributed by atoms with van der Waals surface area (Å²) in [5.74, 6) is -2.89. The van der Waals surface area contributed by atoms with Crippen LogP contribution < -0.4 is 16.5 Å². The van der Waals surface area contributed by atoms with E-state index >= 15 is 0 Å². The number of amides is 3. The maximum atomic E-state index is 12.6. The van der Waals surface area contributed by atoms with Gasteiger partial charge in [-0.2, -0.15) is 5.10 Å². The fourth-order valence-electron chi connectivity index (χ4n) is 3.47. The van der Waals surface area contributed by atoms with Gasteiger partial charge in [-0.15, -0.1) is 0 Å². The molecule has 8 nitrogen and oxygen atoms in total. The average molecular weight is 402 g/mol. The lowest BCUT2D eigenvalue weighted by molar-refractivity contribution is -0.137. The minimum atomic E-state index is -1.89. The largest absolute Gasteiger partial charge is 0.375 e. The summed E-state index contributed by atoms with van der Waals surface area (Å²) >= 11 is 0. The van der Waals surface area contributed by atoms with Crippen LogP contribution in [0.3, 0.4) is 0 Å². The highest BCUT2D eigenvalue weighted by atomic mass is 16.3. The average Bonchev–Trinajstić information content (AvgIpc) is 3.00. The molecule has 0 aromatic heterocycles. The highest BCUT2D eigenvalue weighted by Crippen LogP contribution is 2.39. The molecule has 3 amide bonds. The lowest BCUT2D eigenvalue weighted by atomic mass is 9.87. The Morgan fingerprint density at radius 1 is 1.03 bits per heavy atom. The summed E-state index contributed by atoms with van der Waals surface area (Å²) < 4.78 is 0. The Morgan fingerprint density at radius 2 is 1.73 bits per heavy atom. The minimum Gasteiger partial charge on any atom is -0.375 e. The molecule has 0 unspecified atom stereocenters. The first kappa shape index (κ1) is 19.3. The molecule has 0 aliphatic carbocycles. The number of anilines is 1. The number of hydrazone groups is 1. The number of benzene rings is 3. The van der Waals surface area contributed by atoms with Gasteiger partial charge in [0.05, 0.1) is 5.71 Å².